The first-order valence-corrected chi connectivity index (χ1v) is 9.15. The van der Waals surface area contributed by atoms with Gasteiger partial charge in [-0.1, -0.05) is 11.6 Å². The van der Waals surface area contributed by atoms with Gasteiger partial charge in [0.15, 0.2) is 10.9 Å². The number of hydrogen-bond donors (Lipinski definition) is 1. The Hall–Kier alpha value is -2.42. The van der Waals surface area contributed by atoms with Crippen LogP contribution in [-0.2, 0) is 4.74 Å². The van der Waals surface area contributed by atoms with Gasteiger partial charge >= 0.3 is 0 Å². The fourth-order valence-corrected chi connectivity index (χ4v) is 3.34. The summed E-state index contributed by atoms with van der Waals surface area (Å²) in [5.74, 6) is 0.590. The van der Waals surface area contributed by atoms with Gasteiger partial charge in [0.2, 0.25) is 5.88 Å². The third kappa shape index (κ3) is 3.72. The highest BCUT2D eigenvalue weighted by Crippen LogP contribution is 2.27. The molecule has 0 aromatic carbocycles. The number of hydrogen-bond acceptors (Lipinski definition) is 7. The predicted octanol–water partition coefficient (Wildman–Crippen LogP) is 3.87. The van der Waals surface area contributed by atoms with Crippen molar-refractivity contribution in [2.24, 2.45) is 0 Å². The Morgan fingerprint density at radius 3 is 3.12 bits per heavy atom. The summed E-state index contributed by atoms with van der Waals surface area (Å²) >= 11 is 7.50. The van der Waals surface area contributed by atoms with Crippen LogP contribution in [0.2, 0.25) is 5.02 Å². The van der Waals surface area contributed by atoms with Crippen molar-refractivity contribution < 1.29 is 18.7 Å². The maximum Gasteiger partial charge on any atom is 0.259 e. The number of carbonyl (C=O) groups excluding carboxylic acids is 1. The molecule has 0 aliphatic carbocycles. The number of rotatable bonds is 5. The molecular formula is C17H14ClN3O4S. The van der Waals surface area contributed by atoms with E-state index in [1.807, 2.05) is 0 Å². The smallest absolute Gasteiger partial charge is 0.259 e. The fraction of sp³-hybridized carbons (Fsp3) is 0.235. The monoisotopic (exact) mass is 391 g/mol. The average molecular weight is 392 g/mol. The molecule has 4 rings (SSSR count). The molecule has 26 heavy (non-hydrogen) atoms. The quantitative estimate of drug-likeness (QED) is 0.710. The van der Waals surface area contributed by atoms with E-state index in [1.165, 1.54) is 23.6 Å². The van der Waals surface area contributed by atoms with Gasteiger partial charge < -0.3 is 13.9 Å². The minimum absolute atomic E-state index is 0.0602. The van der Waals surface area contributed by atoms with Crippen LogP contribution in [-0.4, -0.2) is 35.2 Å². The third-order valence-corrected chi connectivity index (χ3v) is 4.76. The number of furan rings is 1. The van der Waals surface area contributed by atoms with Crippen LogP contribution >= 0.6 is 22.9 Å². The molecule has 1 atom stereocenters. The number of anilines is 1. The van der Waals surface area contributed by atoms with Crippen LogP contribution in [0.3, 0.4) is 0 Å². The summed E-state index contributed by atoms with van der Waals surface area (Å²) in [6, 6.07) is 5.11. The summed E-state index contributed by atoms with van der Waals surface area (Å²) < 4.78 is 16.2. The zero-order valence-corrected chi connectivity index (χ0v) is 15.0. The second-order valence-electron chi connectivity index (χ2n) is 5.58. The summed E-state index contributed by atoms with van der Waals surface area (Å²) in [6.07, 6.45) is 3.73. The number of thiazole rings is 1. The second-order valence-corrected chi connectivity index (χ2v) is 6.85. The van der Waals surface area contributed by atoms with Crippen LogP contribution in [0.5, 0.6) is 5.88 Å². The Morgan fingerprint density at radius 2 is 2.38 bits per heavy atom. The molecule has 1 saturated heterocycles. The number of nitrogens with one attached hydrogen (secondary N) is 1. The number of pyridine rings is 1. The van der Waals surface area contributed by atoms with Crippen molar-refractivity contribution in [3.8, 4) is 17.3 Å². The lowest BCUT2D eigenvalue weighted by atomic mass is 10.2. The number of ether oxygens (including phenoxy) is 2. The third-order valence-electron chi connectivity index (χ3n) is 3.73. The van der Waals surface area contributed by atoms with Gasteiger partial charge in [0.05, 0.1) is 25.0 Å². The van der Waals surface area contributed by atoms with Crippen LogP contribution in [0.4, 0.5) is 5.13 Å². The zero-order valence-electron chi connectivity index (χ0n) is 13.5. The fourth-order valence-electron chi connectivity index (χ4n) is 2.44. The minimum atomic E-state index is -0.351. The molecule has 134 valence electrons. The van der Waals surface area contributed by atoms with E-state index in [4.69, 9.17) is 25.5 Å². The number of halogens is 1. The van der Waals surface area contributed by atoms with Crippen molar-refractivity contribution in [2.45, 2.75) is 12.5 Å². The molecule has 1 aliphatic heterocycles. The predicted molar refractivity (Wildman–Crippen MR) is 96.9 cm³/mol. The molecule has 1 N–H and O–H groups in total. The summed E-state index contributed by atoms with van der Waals surface area (Å²) in [4.78, 5) is 20.9. The highest BCUT2D eigenvalue weighted by atomic mass is 35.5. The van der Waals surface area contributed by atoms with E-state index < -0.39 is 0 Å². The summed E-state index contributed by atoms with van der Waals surface area (Å²) in [6.45, 7) is 1.18. The molecule has 9 heteroatoms. The van der Waals surface area contributed by atoms with E-state index >= 15 is 0 Å². The molecule has 0 saturated carbocycles. The lowest BCUT2D eigenvalue weighted by Crippen LogP contribution is -2.17. The van der Waals surface area contributed by atoms with E-state index in [0.29, 0.717) is 41.2 Å². The van der Waals surface area contributed by atoms with Gasteiger partial charge in [-0.05, 0) is 18.2 Å². The van der Waals surface area contributed by atoms with Gasteiger partial charge in [0, 0.05) is 18.0 Å². The lowest BCUT2D eigenvalue weighted by molar-refractivity contribution is 0.102. The van der Waals surface area contributed by atoms with Crippen LogP contribution in [0.25, 0.3) is 11.5 Å². The maximum absolute atomic E-state index is 12.4. The normalized spacial score (nSPS) is 16.6. The highest BCUT2D eigenvalue weighted by molar-refractivity contribution is 7.14. The Kier molecular flexibility index (Phi) is 4.87. The molecule has 1 fully saturated rings. The number of aromatic nitrogens is 2. The van der Waals surface area contributed by atoms with Crippen molar-refractivity contribution in [1.82, 2.24) is 9.97 Å². The zero-order chi connectivity index (χ0) is 17.9. The van der Waals surface area contributed by atoms with E-state index in [-0.39, 0.29) is 17.0 Å². The first-order valence-electron chi connectivity index (χ1n) is 7.90. The highest BCUT2D eigenvalue weighted by Gasteiger charge is 2.20. The Morgan fingerprint density at radius 1 is 1.46 bits per heavy atom. The molecule has 3 aromatic heterocycles. The van der Waals surface area contributed by atoms with Crippen molar-refractivity contribution in [3.63, 3.8) is 0 Å². The van der Waals surface area contributed by atoms with Gasteiger partial charge in [0.25, 0.3) is 5.91 Å². The molecule has 4 heterocycles. The molecular weight excluding hydrogens is 378 g/mol. The number of carbonyl (C=O) groups is 1. The Balaban J connectivity index is 1.43. The molecule has 1 amide bonds. The molecule has 3 aromatic rings. The standard InChI is InChI=1S/C17H14ClN3O4S/c18-12-6-10(7-19-16(12)25-11-3-5-23-8-11)15(22)21-17-20-13(9-26-17)14-2-1-4-24-14/h1-2,4,6-7,9,11H,3,5,8H2,(H,20,21,22)/t11-/m1/s1. The Labute approximate surface area is 157 Å². The van der Waals surface area contributed by atoms with E-state index in [2.05, 4.69) is 15.3 Å². The minimum Gasteiger partial charge on any atom is -0.471 e. The number of nitrogens with zero attached hydrogens (tertiary/aromatic N) is 2. The molecule has 0 spiro atoms. The molecule has 1 aliphatic rings. The Bertz CT molecular complexity index is 907. The lowest BCUT2D eigenvalue weighted by Gasteiger charge is -2.12. The first kappa shape index (κ1) is 17.0. The first-order chi connectivity index (χ1) is 12.7. The summed E-state index contributed by atoms with van der Waals surface area (Å²) in [5, 5.41) is 5.27. The van der Waals surface area contributed by atoms with E-state index in [1.54, 1.807) is 23.8 Å². The van der Waals surface area contributed by atoms with Crippen LogP contribution in [0, 0.1) is 0 Å². The van der Waals surface area contributed by atoms with Crippen LogP contribution in [0.15, 0.2) is 40.5 Å². The van der Waals surface area contributed by atoms with Crippen molar-refractivity contribution in [2.75, 3.05) is 18.5 Å². The van der Waals surface area contributed by atoms with E-state index in [0.717, 1.165) is 6.42 Å². The van der Waals surface area contributed by atoms with Crippen molar-refractivity contribution in [3.05, 3.63) is 46.6 Å². The molecule has 0 bridgehead atoms. The van der Waals surface area contributed by atoms with Gasteiger partial charge in [-0.25, -0.2) is 9.97 Å². The summed E-state index contributed by atoms with van der Waals surface area (Å²) in [5.41, 5.74) is 0.980. The maximum atomic E-state index is 12.4. The molecule has 0 radical (unpaired) electrons. The van der Waals surface area contributed by atoms with Crippen LogP contribution in [0.1, 0.15) is 16.8 Å². The van der Waals surface area contributed by atoms with Gasteiger partial charge in [0.1, 0.15) is 16.8 Å². The topological polar surface area (TPSA) is 86.5 Å². The van der Waals surface area contributed by atoms with Crippen molar-refractivity contribution in [1.29, 1.82) is 0 Å². The number of amides is 1. The van der Waals surface area contributed by atoms with Gasteiger partial charge in [-0.3, -0.25) is 10.1 Å². The van der Waals surface area contributed by atoms with Gasteiger partial charge in [-0.2, -0.15) is 0 Å². The average Bonchev–Trinajstić information content (AvgIpc) is 3.38. The summed E-state index contributed by atoms with van der Waals surface area (Å²) in [7, 11) is 0. The largest absolute Gasteiger partial charge is 0.471 e. The molecule has 7 nitrogen and oxygen atoms in total. The SMILES string of the molecule is O=C(Nc1nc(-c2ccco2)cs1)c1cnc(O[C@@H]2CCOC2)c(Cl)c1. The van der Waals surface area contributed by atoms with Crippen molar-refractivity contribution >= 4 is 34.0 Å². The molecule has 0 unspecified atom stereocenters. The second kappa shape index (κ2) is 7.45. The van der Waals surface area contributed by atoms with Gasteiger partial charge in [-0.15, -0.1) is 11.3 Å². The van der Waals surface area contributed by atoms with Crippen LogP contribution < -0.4 is 10.1 Å². The van der Waals surface area contributed by atoms with E-state index in [9.17, 15) is 4.79 Å².